The minimum absolute atomic E-state index is 0.141. The van der Waals surface area contributed by atoms with E-state index in [0.717, 1.165) is 11.1 Å². The van der Waals surface area contributed by atoms with Crippen LogP contribution in [0.4, 0.5) is 0 Å². The number of amides is 2. The molecule has 35 heavy (non-hydrogen) atoms. The van der Waals surface area contributed by atoms with Gasteiger partial charge in [-0.15, -0.1) is 0 Å². The molecule has 0 unspecified atom stereocenters. The van der Waals surface area contributed by atoms with Crippen LogP contribution < -0.4 is 14.8 Å². The van der Waals surface area contributed by atoms with E-state index in [4.69, 9.17) is 21.1 Å². The second-order valence-electron chi connectivity index (χ2n) is 8.67. The molecule has 2 amide bonds. The van der Waals surface area contributed by atoms with E-state index in [0.29, 0.717) is 48.4 Å². The minimum Gasteiger partial charge on any atom is -0.486 e. The maximum atomic E-state index is 13.3. The lowest BCUT2D eigenvalue weighted by Gasteiger charge is -2.27. The first kappa shape index (κ1) is 23.7. The SMILES string of the molecule is CC(=O)N[C@H](C(=O)N1CC2=C(C1)CN(S(=O)(=O)c1ccc3c(c1)OCCO3)C2)c1cccc(Cl)c1. The fraction of sp³-hybridized carbons (Fsp3) is 0.333. The van der Waals surface area contributed by atoms with Crippen LogP contribution in [0.1, 0.15) is 18.5 Å². The van der Waals surface area contributed by atoms with Gasteiger partial charge in [0, 0.05) is 44.2 Å². The first-order valence-corrected chi connectivity index (χ1v) is 12.9. The van der Waals surface area contributed by atoms with Crippen molar-refractivity contribution < 1.29 is 27.5 Å². The maximum absolute atomic E-state index is 13.3. The van der Waals surface area contributed by atoms with Gasteiger partial charge < -0.3 is 19.7 Å². The van der Waals surface area contributed by atoms with Crippen molar-refractivity contribution in [3.63, 3.8) is 0 Å². The lowest BCUT2D eigenvalue weighted by molar-refractivity contribution is -0.135. The van der Waals surface area contributed by atoms with Crippen LogP contribution in [0.15, 0.2) is 58.5 Å². The third kappa shape index (κ3) is 4.61. The molecule has 3 aliphatic rings. The quantitative estimate of drug-likeness (QED) is 0.609. The van der Waals surface area contributed by atoms with Gasteiger partial charge in [0.1, 0.15) is 19.3 Å². The third-order valence-electron chi connectivity index (χ3n) is 6.24. The summed E-state index contributed by atoms with van der Waals surface area (Å²) < 4.78 is 39.0. The second-order valence-corrected chi connectivity index (χ2v) is 11.0. The molecule has 0 aromatic heterocycles. The number of fused-ring (bicyclic) bond motifs is 1. The number of halogens is 1. The fourth-order valence-corrected chi connectivity index (χ4v) is 6.21. The predicted molar refractivity (Wildman–Crippen MR) is 128 cm³/mol. The Hall–Kier alpha value is -3.08. The number of nitrogens with zero attached hydrogens (tertiary/aromatic N) is 2. The number of nitrogens with one attached hydrogen (secondary N) is 1. The molecule has 0 bridgehead atoms. The van der Waals surface area contributed by atoms with E-state index in [9.17, 15) is 18.0 Å². The van der Waals surface area contributed by atoms with Gasteiger partial charge in [0.2, 0.25) is 21.8 Å². The predicted octanol–water partition coefficient (Wildman–Crippen LogP) is 2.13. The van der Waals surface area contributed by atoms with E-state index in [2.05, 4.69) is 5.32 Å². The van der Waals surface area contributed by atoms with E-state index in [1.807, 2.05) is 0 Å². The van der Waals surface area contributed by atoms with Crippen molar-refractivity contribution in [2.75, 3.05) is 39.4 Å². The molecule has 0 saturated heterocycles. The van der Waals surface area contributed by atoms with Crippen molar-refractivity contribution in [2.45, 2.75) is 17.9 Å². The summed E-state index contributed by atoms with van der Waals surface area (Å²) in [6.07, 6.45) is 0. The Bertz CT molecular complexity index is 1320. The Morgan fingerprint density at radius 2 is 1.66 bits per heavy atom. The van der Waals surface area contributed by atoms with Gasteiger partial charge in [0.05, 0.1) is 4.90 Å². The highest BCUT2D eigenvalue weighted by molar-refractivity contribution is 7.89. The van der Waals surface area contributed by atoms with Gasteiger partial charge >= 0.3 is 0 Å². The highest BCUT2D eigenvalue weighted by Crippen LogP contribution is 2.36. The van der Waals surface area contributed by atoms with Crippen LogP contribution in [0.2, 0.25) is 5.02 Å². The average molecular weight is 518 g/mol. The van der Waals surface area contributed by atoms with Crippen molar-refractivity contribution in [3.8, 4) is 11.5 Å². The Kier molecular flexibility index (Phi) is 6.20. The van der Waals surface area contributed by atoms with Gasteiger partial charge in [0.25, 0.3) is 0 Å². The zero-order chi connectivity index (χ0) is 24.7. The minimum atomic E-state index is -3.75. The summed E-state index contributed by atoms with van der Waals surface area (Å²) in [4.78, 5) is 26.9. The molecular formula is C24H24ClN3O6S. The zero-order valence-electron chi connectivity index (χ0n) is 19.0. The van der Waals surface area contributed by atoms with Gasteiger partial charge in [0.15, 0.2) is 11.5 Å². The molecule has 2 aromatic carbocycles. The van der Waals surface area contributed by atoms with Crippen LogP contribution in [0, 0.1) is 0 Å². The lowest BCUT2D eigenvalue weighted by Crippen LogP contribution is -2.43. The highest BCUT2D eigenvalue weighted by Gasteiger charge is 2.39. The zero-order valence-corrected chi connectivity index (χ0v) is 20.6. The number of hydrogen-bond donors (Lipinski definition) is 1. The van der Waals surface area contributed by atoms with Crippen molar-refractivity contribution in [3.05, 3.63) is 64.2 Å². The number of carbonyl (C=O) groups is 2. The van der Waals surface area contributed by atoms with E-state index >= 15 is 0 Å². The molecule has 2 aromatic rings. The molecular weight excluding hydrogens is 494 g/mol. The van der Waals surface area contributed by atoms with Crippen LogP contribution >= 0.6 is 11.6 Å². The van der Waals surface area contributed by atoms with Crippen LogP contribution in [-0.2, 0) is 19.6 Å². The van der Waals surface area contributed by atoms with E-state index in [1.165, 1.54) is 23.4 Å². The van der Waals surface area contributed by atoms with E-state index in [-0.39, 0.29) is 29.8 Å². The molecule has 0 radical (unpaired) electrons. The molecule has 0 fully saturated rings. The van der Waals surface area contributed by atoms with Crippen LogP contribution in [-0.4, -0.2) is 68.8 Å². The van der Waals surface area contributed by atoms with Crippen molar-refractivity contribution in [1.82, 2.24) is 14.5 Å². The molecule has 1 N–H and O–H groups in total. The van der Waals surface area contributed by atoms with Crippen molar-refractivity contribution in [1.29, 1.82) is 0 Å². The molecule has 9 nitrogen and oxygen atoms in total. The van der Waals surface area contributed by atoms with Crippen LogP contribution in [0.5, 0.6) is 11.5 Å². The fourth-order valence-electron chi connectivity index (χ4n) is 4.56. The summed E-state index contributed by atoms with van der Waals surface area (Å²) in [5.41, 5.74) is 2.38. The van der Waals surface area contributed by atoms with Crippen LogP contribution in [0.3, 0.4) is 0 Å². The highest BCUT2D eigenvalue weighted by atomic mass is 35.5. The standard InChI is InChI=1S/C24H24ClN3O6S/c1-15(29)26-23(16-3-2-4-19(25)9-16)24(30)27-11-17-13-28(14-18(17)12-27)35(31,32)20-5-6-21-22(10-20)34-8-7-33-21/h2-6,9-10,23H,7-8,11-14H2,1H3,(H,26,29)/t23-/m0/s1. The van der Waals surface area contributed by atoms with Gasteiger partial charge in [-0.2, -0.15) is 4.31 Å². The Balaban J connectivity index is 1.29. The molecule has 3 aliphatic heterocycles. The summed E-state index contributed by atoms with van der Waals surface area (Å²) in [5.74, 6) is 0.344. The van der Waals surface area contributed by atoms with Crippen molar-refractivity contribution >= 4 is 33.4 Å². The lowest BCUT2D eigenvalue weighted by atomic mass is 10.1. The normalized spacial score (nSPS) is 18.4. The van der Waals surface area contributed by atoms with Gasteiger partial charge in [-0.05, 0) is 41.0 Å². The third-order valence-corrected chi connectivity index (χ3v) is 8.26. The Labute approximate surface area is 208 Å². The summed E-state index contributed by atoms with van der Waals surface area (Å²) >= 11 is 6.09. The number of carbonyl (C=O) groups excluding carboxylic acids is 2. The summed E-state index contributed by atoms with van der Waals surface area (Å²) in [5, 5.41) is 3.17. The van der Waals surface area contributed by atoms with E-state index in [1.54, 1.807) is 35.2 Å². The number of rotatable bonds is 5. The van der Waals surface area contributed by atoms with Gasteiger partial charge in [-0.25, -0.2) is 8.42 Å². The smallest absolute Gasteiger partial charge is 0.250 e. The van der Waals surface area contributed by atoms with Gasteiger partial charge in [-0.1, -0.05) is 23.7 Å². The second kappa shape index (κ2) is 9.18. The van der Waals surface area contributed by atoms with Crippen molar-refractivity contribution in [2.24, 2.45) is 0 Å². The van der Waals surface area contributed by atoms with Crippen LogP contribution in [0.25, 0.3) is 0 Å². The summed E-state index contributed by atoms with van der Waals surface area (Å²) in [7, 11) is -3.75. The summed E-state index contributed by atoms with van der Waals surface area (Å²) in [6, 6.07) is 10.6. The maximum Gasteiger partial charge on any atom is 0.250 e. The monoisotopic (exact) mass is 517 g/mol. The number of sulfonamides is 1. The average Bonchev–Trinajstić information content (AvgIpc) is 3.42. The number of ether oxygens (including phenoxy) is 2. The molecule has 184 valence electrons. The first-order valence-electron chi connectivity index (χ1n) is 11.1. The molecule has 5 rings (SSSR count). The molecule has 1 atom stereocenters. The first-order chi connectivity index (χ1) is 16.7. The van der Waals surface area contributed by atoms with Gasteiger partial charge in [-0.3, -0.25) is 9.59 Å². The topological polar surface area (TPSA) is 105 Å². The Morgan fingerprint density at radius 1 is 0.971 bits per heavy atom. The Morgan fingerprint density at radius 3 is 2.31 bits per heavy atom. The molecule has 11 heteroatoms. The summed E-state index contributed by atoms with van der Waals surface area (Å²) in [6.45, 7) is 3.17. The number of hydrogen-bond acceptors (Lipinski definition) is 6. The molecule has 0 aliphatic carbocycles. The largest absolute Gasteiger partial charge is 0.486 e. The molecule has 0 saturated carbocycles. The number of benzene rings is 2. The molecule has 0 spiro atoms. The molecule has 3 heterocycles. The van der Waals surface area contributed by atoms with E-state index < -0.39 is 16.1 Å².